The molecule has 18 heavy (non-hydrogen) atoms. The Labute approximate surface area is 107 Å². The fraction of sp³-hybridized carbons (Fsp3) is 0.750. The van der Waals surface area contributed by atoms with Gasteiger partial charge in [-0.1, -0.05) is 19.1 Å². The summed E-state index contributed by atoms with van der Waals surface area (Å²) >= 11 is 0. The van der Waals surface area contributed by atoms with Crippen LogP contribution in [0.25, 0.3) is 0 Å². The minimum absolute atomic E-state index is 0.0289. The van der Waals surface area contributed by atoms with E-state index >= 15 is 0 Å². The van der Waals surface area contributed by atoms with Gasteiger partial charge in [0, 0.05) is 6.54 Å². The zero-order chi connectivity index (χ0) is 13.7. The van der Waals surface area contributed by atoms with Crippen LogP contribution in [0, 0.1) is 5.92 Å². The Morgan fingerprint density at radius 3 is 2.50 bits per heavy atom. The highest BCUT2D eigenvalue weighted by Crippen LogP contribution is 2.13. The number of aliphatic hydroxyl groups is 1. The van der Waals surface area contributed by atoms with Gasteiger partial charge in [0.25, 0.3) is 0 Å². The van der Waals surface area contributed by atoms with Crippen LogP contribution in [0.3, 0.4) is 0 Å². The van der Waals surface area contributed by atoms with Gasteiger partial charge >= 0.3 is 5.97 Å². The van der Waals surface area contributed by atoms with Crippen LogP contribution in [0.4, 0.5) is 0 Å². The molecule has 6 heteroatoms. The molecule has 6 nitrogen and oxygen atoms in total. The first-order chi connectivity index (χ1) is 8.41. The highest BCUT2D eigenvalue weighted by atomic mass is 16.4. The van der Waals surface area contributed by atoms with Crippen molar-refractivity contribution in [3.63, 3.8) is 0 Å². The molecular weight excluding hydrogens is 234 g/mol. The molecule has 1 unspecified atom stereocenters. The van der Waals surface area contributed by atoms with E-state index in [-0.39, 0.29) is 5.69 Å². The van der Waals surface area contributed by atoms with E-state index in [4.69, 9.17) is 5.11 Å². The van der Waals surface area contributed by atoms with E-state index in [2.05, 4.69) is 24.2 Å². The lowest BCUT2D eigenvalue weighted by atomic mass is 10.1. The Bertz CT molecular complexity index is 399. The Morgan fingerprint density at radius 2 is 2.00 bits per heavy atom. The van der Waals surface area contributed by atoms with E-state index in [0.717, 1.165) is 6.42 Å². The van der Waals surface area contributed by atoms with Crippen molar-refractivity contribution in [3.8, 4) is 0 Å². The van der Waals surface area contributed by atoms with Crippen molar-refractivity contribution < 1.29 is 15.0 Å². The maximum absolute atomic E-state index is 11.1. The number of aromatic carboxylic acids is 1. The molecule has 1 rings (SSSR count). The molecule has 0 aliphatic rings. The molecule has 1 aromatic rings. The Kier molecular flexibility index (Phi) is 5.27. The summed E-state index contributed by atoms with van der Waals surface area (Å²) in [5, 5.41) is 25.9. The van der Waals surface area contributed by atoms with Crippen LogP contribution in [-0.2, 0) is 13.0 Å². The van der Waals surface area contributed by atoms with Gasteiger partial charge in [0.15, 0.2) is 5.69 Å². The molecule has 0 aromatic carbocycles. The minimum Gasteiger partial charge on any atom is -0.476 e. The van der Waals surface area contributed by atoms with E-state index in [9.17, 15) is 9.90 Å². The monoisotopic (exact) mass is 255 g/mol. The fourth-order valence-corrected chi connectivity index (χ4v) is 1.66. The number of nitrogens with zero attached hydrogens (tertiary/aromatic N) is 3. The number of hydrogen-bond acceptors (Lipinski definition) is 4. The largest absolute Gasteiger partial charge is 0.476 e. The second-order valence-corrected chi connectivity index (χ2v) is 4.98. The highest BCUT2D eigenvalue weighted by molar-refractivity contribution is 5.86. The molecule has 0 radical (unpaired) electrons. The number of aromatic nitrogens is 3. The number of hydrogen-bond donors (Lipinski definition) is 2. The summed E-state index contributed by atoms with van der Waals surface area (Å²) in [5.74, 6) is -0.552. The van der Waals surface area contributed by atoms with Gasteiger partial charge in [-0.3, -0.25) is 0 Å². The maximum atomic E-state index is 11.1. The first-order valence-electron chi connectivity index (χ1n) is 6.25. The van der Waals surface area contributed by atoms with Crippen molar-refractivity contribution in [2.24, 2.45) is 5.92 Å². The van der Waals surface area contributed by atoms with Crippen molar-refractivity contribution in [2.75, 3.05) is 0 Å². The van der Waals surface area contributed by atoms with Crippen LogP contribution in [0.15, 0.2) is 0 Å². The highest BCUT2D eigenvalue weighted by Gasteiger charge is 2.19. The molecule has 2 N–H and O–H groups in total. The Hall–Kier alpha value is -1.43. The summed E-state index contributed by atoms with van der Waals surface area (Å²) in [4.78, 5) is 11.1. The van der Waals surface area contributed by atoms with Gasteiger partial charge in [-0.15, -0.1) is 5.10 Å². The molecule has 0 saturated carbocycles. The van der Waals surface area contributed by atoms with Crippen molar-refractivity contribution in [1.82, 2.24) is 15.0 Å². The van der Waals surface area contributed by atoms with Crippen LogP contribution in [-0.4, -0.2) is 37.3 Å². The van der Waals surface area contributed by atoms with Crippen molar-refractivity contribution >= 4 is 5.97 Å². The third-order valence-electron chi connectivity index (χ3n) is 2.76. The van der Waals surface area contributed by atoms with E-state index in [0.29, 0.717) is 31.0 Å². The first-order valence-corrected chi connectivity index (χ1v) is 6.25. The van der Waals surface area contributed by atoms with Crippen LogP contribution in [0.2, 0.25) is 0 Å². The standard InChI is InChI=1S/C12H21N3O3/c1-8(2)4-5-10-11(12(17)18)13-14-15(10)7-6-9(3)16/h8-9,16H,4-7H2,1-3H3,(H,17,18). The van der Waals surface area contributed by atoms with Gasteiger partial charge in [-0.05, 0) is 32.1 Å². The van der Waals surface area contributed by atoms with E-state index < -0.39 is 12.1 Å². The number of carbonyl (C=O) groups is 1. The molecule has 1 atom stereocenters. The lowest BCUT2D eigenvalue weighted by Crippen LogP contribution is -2.13. The zero-order valence-electron chi connectivity index (χ0n) is 11.1. The number of carboxylic acids is 1. The molecule has 0 bridgehead atoms. The number of carboxylic acid groups (broad SMARTS) is 1. The van der Waals surface area contributed by atoms with Gasteiger partial charge in [0.1, 0.15) is 0 Å². The van der Waals surface area contributed by atoms with Crippen molar-refractivity contribution in [2.45, 2.75) is 52.7 Å². The molecule has 102 valence electrons. The van der Waals surface area contributed by atoms with Crippen molar-refractivity contribution in [1.29, 1.82) is 0 Å². The second-order valence-electron chi connectivity index (χ2n) is 4.98. The minimum atomic E-state index is -1.04. The smallest absolute Gasteiger partial charge is 0.358 e. The summed E-state index contributed by atoms with van der Waals surface area (Å²) in [7, 11) is 0. The van der Waals surface area contributed by atoms with Gasteiger partial charge in [0.2, 0.25) is 0 Å². The summed E-state index contributed by atoms with van der Waals surface area (Å²) in [6.07, 6.45) is 1.64. The predicted octanol–water partition coefficient (Wildman–Crippen LogP) is 1.34. The van der Waals surface area contributed by atoms with E-state index in [1.165, 1.54) is 0 Å². The first kappa shape index (κ1) is 14.6. The molecule has 0 saturated heterocycles. The SMILES string of the molecule is CC(C)CCc1c(C(=O)O)nnn1CCC(C)O. The lowest BCUT2D eigenvalue weighted by Gasteiger charge is -2.09. The maximum Gasteiger partial charge on any atom is 0.358 e. The summed E-state index contributed by atoms with van der Waals surface area (Å²) in [5.41, 5.74) is 0.679. The van der Waals surface area contributed by atoms with E-state index in [1.807, 2.05) is 0 Å². The third kappa shape index (κ3) is 4.10. The van der Waals surface area contributed by atoms with Gasteiger partial charge < -0.3 is 10.2 Å². The Balaban J connectivity index is 2.85. The molecule has 0 fully saturated rings. The number of rotatable bonds is 7. The zero-order valence-corrected chi connectivity index (χ0v) is 11.1. The number of aryl methyl sites for hydroxylation is 1. The number of aliphatic hydroxyl groups excluding tert-OH is 1. The summed E-state index contributed by atoms with van der Waals surface area (Å²) in [6, 6.07) is 0. The molecular formula is C12H21N3O3. The average Bonchev–Trinajstić information content (AvgIpc) is 2.66. The topological polar surface area (TPSA) is 88.2 Å². The molecule has 0 amide bonds. The summed E-state index contributed by atoms with van der Waals surface area (Å²) < 4.78 is 1.60. The van der Waals surface area contributed by atoms with Crippen LogP contribution < -0.4 is 0 Å². The molecule has 0 spiro atoms. The van der Waals surface area contributed by atoms with Gasteiger partial charge in [-0.25, -0.2) is 9.48 Å². The fourth-order valence-electron chi connectivity index (χ4n) is 1.66. The molecule has 0 aliphatic heterocycles. The molecule has 1 aromatic heterocycles. The van der Waals surface area contributed by atoms with Crippen LogP contribution in [0.1, 0.15) is 49.8 Å². The lowest BCUT2D eigenvalue weighted by molar-refractivity contribution is 0.0689. The summed E-state index contributed by atoms with van der Waals surface area (Å²) in [6.45, 7) is 6.36. The van der Waals surface area contributed by atoms with E-state index in [1.54, 1.807) is 11.6 Å². The van der Waals surface area contributed by atoms with Crippen LogP contribution >= 0.6 is 0 Å². The van der Waals surface area contributed by atoms with Gasteiger partial charge in [0.05, 0.1) is 11.8 Å². The quantitative estimate of drug-likeness (QED) is 0.767. The average molecular weight is 255 g/mol. The molecule has 1 heterocycles. The van der Waals surface area contributed by atoms with Crippen LogP contribution in [0.5, 0.6) is 0 Å². The van der Waals surface area contributed by atoms with Crippen molar-refractivity contribution in [3.05, 3.63) is 11.4 Å². The third-order valence-corrected chi connectivity index (χ3v) is 2.76. The Morgan fingerprint density at radius 1 is 1.33 bits per heavy atom. The van der Waals surface area contributed by atoms with Gasteiger partial charge in [-0.2, -0.15) is 0 Å². The second kappa shape index (κ2) is 6.49. The normalized spacial score (nSPS) is 12.9. The molecule has 0 aliphatic carbocycles. The predicted molar refractivity (Wildman–Crippen MR) is 66.4 cm³/mol.